The van der Waals surface area contributed by atoms with Crippen LogP contribution in [0.4, 0.5) is 5.69 Å². The molecule has 1 aromatic rings. The monoisotopic (exact) mass is 318 g/mol. The van der Waals surface area contributed by atoms with Crippen LogP contribution in [0.15, 0.2) is 18.2 Å². The fourth-order valence-electron chi connectivity index (χ4n) is 1.96. The lowest BCUT2D eigenvalue weighted by molar-refractivity contribution is -0.385. The average molecular weight is 319 g/mol. The van der Waals surface area contributed by atoms with Crippen LogP contribution in [0.25, 0.3) is 0 Å². The molecule has 1 aromatic carbocycles. The Balaban J connectivity index is 2.31. The number of carbonyl (C=O) groups is 1. The third-order valence-electron chi connectivity index (χ3n) is 3.03. The number of nitro groups is 1. The number of amides is 1. The fraction of sp³-hybridized carbons (Fsp3) is 0.364. The van der Waals surface area contributed by atoms with Crippen molar-refractivity contribution in [3.63, 3.8) is 0 Å². The molecule has 9 heteroatoms. The van der Waals surface area contributed by atoms with E-state index in [1.54, 1.807) is 0 Å². The Kier molecular flexibility index (Phi) is 3.96. The van der Waals surface area contributed by atoms with Crippen molar-refractivity contribution >= 4 is 33.0 Å². The van der Waals surface area contributed by atoms with Crippen LogP contribution in [0, 0.1) is 10.1 Å². The van der Waals surface area contributed by atoms with Gasteiger partial charge in [0, 0.05) is 13.1 Å². The Hall–Kier alpha value is -1.67. The second kappa shape index (κ2) is 5.37. The zero-order valence-electron chi connectivity index (χ0n) is 10.3. The predicted molar refractivity (Wildman–Crippen MR) is 72.7 cm³/mol. The lowest BCUT2D eigenvalue weighted by Gasteiger charge is -2.26. The normalized spacial score (nSPS) is 17.8. The van der Waals surface area contributed by atoms with E-state index in [1.807, 2.05) is 0 Å². The van der Waals surface area contributed by atoms with Crippen molar-refractivity contribution < 1.29 is 18.1 Å². The van der Waals surface area contributed by atoms with Gasteiger partial charge in [-0.25, -0.2) is 8.42 Å². The Bertz CT molecular complexity index is 659. The first-order valence-electron chi connectivity index (χ1n) is 5.74. The molecule has 1 aliphatic heterocycles. The molecule has 1 heterocycles. The summed E-state index contributed by atoms with van der Waals surface area (Å²) in [6, 6.07) is 4.09. The summed E-state index contributed by atoms with van der Waals surface area (Å²) in [6.45, 7) is 0.0651. The summed E-state index contributed by atoms with van der Waals surface area (Å²) in [7, 11) is -3.12. The molecule has 1 aliphatic rings. The van der Waals surface area contributed by atoms with Crippen LogP contribution in [-0.2, 0) is 9.84 Å². The second-order valence-corrected chi connectivity index (χ2v) is 7.05. The Morgan fingerprint density at radius 3 is 2.45 bits per heavy atom. The molecular formula is C11H11ClN2O5S. The highest BCUT2D eigenvalue weighted by Gasteiger charge is 2.30. The fourth-order valence-corrected chi connectivity index (χ4v) is 3.40. The smallest absolute Gasteiger partial charge is 0.300 e. The van der Waals surface area contributed by atoms with Gasteiger partial charge in [0.25, 0.3) is 5.91 Å². The average Bonchev–Trinajstić information content (AvgIpc) is 2.37. The van der Waals surface area contributed by atoms with Gasteiger partial charge in [-0.05, 0) is 12.1 Å². The minimum absolute atomic E-state index is 0.0326. The van der Waals surface area contributed by atoms with Gasteiger partial charge in [0.15, 0.2) is 9.84 Å². The molecule has 0 unspecified atom stereocenters. The molecule has 0 spiro atoms. The quantitative estimate of drug-likeness (QED) is 0.601. The Labute approximate surface area is 120 Å². The number of halogens is 1. The molecule has 108 valence electrons. The molecule has 0 radical (unpaired) electrons. The summed E-state index contributed by atoms with van der Waals surface area (Å²) >= 11 is 5.74. The van der Waals surface area contributed by atoms with Gasteiger partial charge in [0.05, 0.1) is 16.4 Å². The van der Waals surface area contributed by atoms with E-state index in [-0.39, 0.29) is 35.2 Å². The van der Waals surface area contributed by atoms with Crippen LogP contribution in [0.1, 0.15) is 10.4 Å². The first-order valence-corrected chi connectivity index (χ1v) is 7.94. The number of nitro benzene ring substituents is 1. The highest BCUT2D eigenvalue weighted by molar-refractivity contribution is 7.91. The summed E-state index contributed by atoms with van der Waals surface area (Å²) < 4.78 is 22.6. The third kappa shape index (κ3) is 2.91. The number of benzene rings is 1. The topological polar surface area (TPSA) is 97.6 Å². The molecule has 0 aromatic heterocycles. The van der Waals surface area contributed by atoms with Crippen molar-refractivity contribution in [3.05, 3.63) is 38.9 Å². The largest absolute Gasteiger partial charge is 0.336 e. The van der Waals surface area contributed by atoms with E-state index in [4.69, 9.17) is 11.6 Å². The summed E-state index contributed by atoms with van der Waals surface area (Å²) in [5, 5.41) is 10.9. The number of hydrogen-bond acceptors (Lipinski definition) is 5. The molecule has 2 rings (SSSR count). The molecule has 0 N–H and O–H groups in total. The molecule has 20 heavy (non-hydrogen) atoms. The summed E-state index contributed by atoms with van der Waals surface area (Å²) in [5.41, 5.74) is -0.575. The van der Waals surface area contributed by atoms with E-state index >= 15 is 0 Å². The van der Waals surface area contributed by atoms with Gasteiger partial charge in [0.2, 0.25) is 0 Å². The van der Waals surface area contributed by atoms with E-state index in [9.17, 15) is 23.3 Å². The molecule has 0 aliphatic carbocycles. The zero-order valence-corrected chi connectivity index (χ0v) is 11.9. The third-order valence-corrected chi connectivity index (χ3v) is 4.95. The van der Waals surface area contributed by atoms with Gasteiger partial charge in [-0.15, -0.1) is 0 Å². The van der Waals surface area contributed by atoms with Gasteiger partial charge in [-0.3, -0.25) is 14.9 Å². The van der Waals surface area contributed by atoms with Crippen molar-refractivity contribution in [1.82, 2.24) is 4.90 Å². The maximum absolute atomic E-state index is 12.3. The van der Waals surface area contributed by atoms with Gasteiger partial charge in [-0.2, -0.15) is 0 Å². The maximum atomic E-state index is 12.3. The standard InChI is InChI=1S/C11H11ClN2O5S/c12-9-3-1-2-8(10(9)14(16)17)11(15)13-4-6-20(18,19)7-5-13/h1-3H,4-7H2. The van der Waals surface area contributed by atoms with Crippen LogP contribution in [0.2, 0.25) is 5.02 Å². The number of rotatable bonds is 2. The molecule has 7 nitrogen and oxygen atoms in total. The first-order chi connectivity index (χ1) is 9.32. The molecular weight excluding hydrogens is 308 g/mol. The molecule has 1 fully saturated rings. The molecule has 0 saturated carbocycles. The molecule has 1 amide bonds. The van der Waals surface area contributed by atoms with Crippen LogP contribution in [0.5, 0.6) is 0 Å². The molecule has 0 atom stereocenters. The van der Waals surface area contributed by atoms with Crippen molar-refractivity contribution in [2.24, 2.45) is 0 Å². The van der Waals surface area contributed by atoms with E-state index in [2.05, 4.69) is 0 Å². The lowest BCUT2D eigenvalue weighted by atomic mass is 10.1. The number of nitrogens with zero attached hydrogens (tertiary/aromatic N) is 2. The predicted octanol–water partition coefficient (Wildman–Crippen LogP) is 1.12. The van der Waals surface area contributed by atoms with E-state index in [0.29, 0.717) is 0 Å². The summed E-state index contributed by atoms with van der Waals surface area (Å²) in [6.07, 6.45) is 0. The molecule has 1 saturated heterocycles. The second-order valence-electron chi connectivity index (χ2n) is 4.34. The number of sulfone groups is 1. The SMILES string of the molecule is O=C(c1cccc(Cl)c1[N+](=O)[O-])N1CCS(=O)(=O)CC1. The van der Waals surface area contributed by atoms with Crippen LogP contribution >= 0.6 is 11.6 Å². The van der Waals surface area contributed by atoms with Crippen molar-refractivity contribution in [3.8, 4) is 0 Å². The van der Waals surface area contributed by atoms with Crippen molar-refractivity contribution in [2.75, 3.05) is 24.6 Å². The van der Waals surface area contributed by atoms with Gasteiger partial charge < -0.3 is 4.90 Å². The van der Waals surface area contributed by atoms with Gasteiger partial charge in [0.1, 0.15) is 10.6 Å². The minimum atomic E-state index is -3.12. The lowest BCUT2D eigenvalue weighted by Crippen LogP contribution is -2.43. The van der Waals surface area contributed by atoms with E-state index < -0.39 is 26.4 Å². The van der Waals surface area contributed by atoms with Crippen LogP contribution < -0.4 is 0 Å². The van der Waals surface area contributed by atoms with E-state index in [0.717, 1.165) is 0 Å². The van der Waals surface area contributed by atoms with E-state index in [1.165, 1.54) is 23.1 Å². The summed E-state index contributed by atoms with van der Waals surface area (Å²) in [5.74, 6) is -0.839. The van der Waals surface area contributed by atoms with Gasteiger partial charge >= 0.3 is 5.69 Å². The Morgan fingerprint density at radius 2 is 1.90 bits per heavy atom. The zero-order chi connectivity index (χ0) is 14.9. The number of hydrogen-bond donors (Lipinski definition) is 0. The van der Waals surface area contributed by atoms with Crippen molar-refractivity contribution in [1.29, 1.82) is 0 Å². The number of carbonyl (C=O) groups excluding carboxylic acids is 1. The first kappa shape index (κ1) is 14.7. The van der Waals surface area contributed by atoms with Crippen LogP contribution in [-0.4, -0.2) is 48.7 Å². The maximum Gasteiger partial charge on any atom is 0.300 e. The highest BCUT2D eigenvalue weighted by atomic mass is 35.5. The van der Waals surface area contributed by atoms with Gasteiger partial charge in [-0.1, -0.05) is 17.7 Å². The molecule has 0 bridgehead atoms. The minimum Gasteiger partial charge on any atom is -0.336 e. The van der Waals surface area contributed by atoms with Crippen LogP contribution in [0.3, 0.4) is 0 Å². The highest BCUT2D eigenvalue weighted by Crippen LogP contribution is 2.29. The number of para-hydroxylation sites is 1. The van der Waals surface area contributed by atoms with Crippen molar-refractivity contribution in [2.45, 2.75) is 0 Å². The Morgan fingerprint density at radius 1 is 1.30 bits per heavy atom. The summed E-state index contributed by atoms with van der Waals surface area (Å²) in [4.78, 5) is 23.8.